The zero-order chi connectivity index (χ0) is 14.9. The summed E-state index contributed by atoms with van der Waals surface area (Å²) in [6, 6.07) is -0.220. The van der Waals surface area contributed by atoms with Crippen LogP contribution in [0.1, 0.15) is 25.7 Å². The van der Waals surface area contributed by atoms with Gasteiger partial charge in [-0.3, -0.25) is 9.69 Å². The van der Waals surface area contributed by atoms with Gasteiger partial charge in [0.05, 0.1) is 19.8 Å². The molecule has 0 aromatic carbocycles. The average Bonchev–Trinajstić information content (AvgIpc) is 3.04. The molecule has 118 valence electrons. The van der Waals surface area contributed by atoms with Gasteiger partial charge in [0.2, 0.25) is 0 Å². The van der Waals surface area contributed by atoms with E-state index in [0.29, 0.717) is 26.4 Å². The number of rotatable bonds is 4. The van der Waals surface area contributed by atoms with Gasteiger partial charge < -0.3 is 19.1 Å². The van der Waals surface area contributed by atoms with Crippen molar-refractivity contribution in [2.75, 3.05) is 40.0 Å². The first-order valence-electron chi connectivity index (χ1n) is 7.53. The molecule has 3 amide bonds. The van der Waals surface area contributed by atoms with Gasteiger partial charge in [0.15, 0.2) is 5.79 Å². The molecule has 0 bridgehead atoms. The van der Waals surface area contributed by atoms with Gasteiger partial charge in [0.25, 0.3) is 5.91 Å². The summed E-state index contributed by atoms with van der Waals surface area (Å²) in [5.41, 5.74) is 0. The van der Waals surface area contributed by atoms with E-state index in [0.717, 1.165) is 25.7 Å². The van der Waals surface area contributed by atoms with Gasteiger partial charge in [-0.15, -0.1) is 0 Å². The molecule has 0 radical (unpaired) electrons. The van der Waals surface area contributed by atoms with Crippen LogP contribution in [0.3, 0.4) is 0 Å². The highest BCUT2D eigenvalue weighted by Gasteiger charge is 2.46. The van der Waals surface area contributed by atoms with Crippen LogP contribution < -0.4 is 0 Å². The molecule has 0 atom stereocenters. The summed E-state index contributed by atoms with van der Waals surface area (Å²) in [5.74, 6) is -0.566. The molecular formula is C14H22N2O5. The molecule has 2 saturated heterocycles. The van der Waals surface area contributed by atoms with Crippen LogP contribution in [-0.4, -0.2) is 73.6 Å². The summed E-state index contributed by atoms with van der Waals surface area (Å²) in [6.45, 7) is 2.34. The topological polar surface area (TPSA) is 68.3 Å². The molecular weight excluding hydrogens is 276 g/mol. The lowest BCUT2D eigenvalue weighted by atomic mass is 9.89. The van der Waals surface area contributed by atoms with Crippen molar-refractivity contribution in [1.29, 1.82) is 0 Å². The van der Waals surface area contributed by atoms with Gasteiger partial charge in [-0.05, 0) is 12.8 Å². The predicted octanol–water partition coefficient (Wildman–Crippen LogP) is 0.583. The van der Waals surface area contributed by atoms with E-state index in [9.17, 15) is 9.59 Å². The normalized spacial score (nSPS) is 26.3. The number of carbonyl (C=O) groups excluding carboxylic acids is 2. The maximum Gasteiger partial charge on any atom is 0.327 e. The summed E-state index contributed by atoms with van der Waals surface area (Å²) in [5, 5.41) is 0. The Bertz CT molecular complexity index is 412. The highest BCUT2D eigenvalue weighted by molar-refractivity contribution is 6.02. The minimum atomic E-state index is -0.460. The van der Waals surface area contributed by atoms with E-state index < -0.39 is 5.79 Å². The third-order valence-electron chi connectivity index (χ3n) is 4.53. The lowest BCUT2D eigenvalue weighted by molar-refractivity contribution is -0.183. The molecule has 7 heteroatoms. The predicted molar refractivity (Wildman–Crippen MR) is 72.6 cm³/mol. The van der Waals surface area contributed by atoms with Crippen molar-refractivity contribution in [3.8, 4) is 0 Å². The number of nitrogens with zero attached hydrogens (tertiary/aromatic N) is 2. The first kappa shape index (κ1) is 14.7. The van der Waals surface area contributed by atoms with Crippen molar-refractivity contribution < 1.29 is 23.8 Å². The Morgan fingerprint density at radius 3 is 2.52 bits per heavy atom. The molecule has 0 unspecified atom stereocenters. The molecule has 3 fully saturated rings. The summed E-state index contributed by atoms with van der Waals surface area (Å²) < 4.78 is 16.3. The molecule has 2 aliphatic heterocycles. The highest BCUT2D eigenvalue weighted by Crippen LogP contribution is 2.38. The minimum Gasteiger partial charge on any atom is -0.383 e. The average molecular weight is 298 g/mol. The third kappa shape index (κ3) is 2.77. The molecule has 1 saturated carbocycles. The van der Waals surface area contributed by atoms with Crippen LogP contribution in [0, 0.1) is 0 Å². The van der Waals surface area contributed by atoms with Gasteiger partial charge in [-0.2, -0.15) is 0 Å². The monoisotopic (exact) mass is 298 g/mol. The zero-order valence-electron chi connectivity index (χ0n) is 12.4. The lowest BCUT2D eigenvalue weighted by Gasteiger charge is -2.38. The quantitative estimate of drug-likeness (QED) is 0.710. The van der Waals surface area contributed by atoms with Crippen LogP contribution in [0.2, 0.25) is 0 Å². The van der Waals surface area contributed by atoms with Crippen LogP contribution in [-0.2, 0) is 19.0 Å². The van der Waals surface area contributed by atoms with Gasteiger partial charge >= 0.3 is 6.03 Å². The number of methoxy groups -OCH3 is 1. The molecule has 0 aromatic rings. The van der Waals surface area contributed by atoms with E-state index in [4.69, 9.17) is 14.2 Å². The summed E-state index contributed by atoms with van der Waals surface area (Å²) in [7, 11) is 1.59. The van der Waals surface area contributed by atoms with Crippen molar-refractivity contribution in [3.63, 3.8) is 0 Å². The number of hydrogen-bond acceptors (Lipinski definition) is 5. The summed E-state index contributed by atoms with van der Waals surface area (Å²) in [6.07, 6.45) is 2.98. The molecule has 0 aromatic heterocycles. The number of amides is 3. The van der Waals surface area contributed by atoms with Crippen molar-refractivity contribution >= 4 is 11.9 Å². The van der Waals surface area contributed by atoms with E-state index in [-0.39, 0.29) is 24.5 Å². The second-order valence-electron chi connectivity index (χ2n) is 5.80. The Hall–Kier alpha value is -1.18. The number of imide groups is 1. The second-order valence-corrected chi connectivity index (χ2v) is 5.80. The number of carbonyl (C=O) groups is 2. The van der Waals surface area contributed by atoms with Crippen LogP contribution in [0.25, 0.3) is 0 Å². The minimum absolute atomic E-state index is 0.0315. The Balaban J connectivity index is 1.59. The largest absolute Gasteiger partial charge is 0.383 e. The van der Waals surface area contributed by atoms with E-state index in [2.05, 4.69) is 0 Å². The van der Waals surface area contributed by atoms with Gasteiger partial charge in [-0.25, -0.2) is 4.79 Å². The van der Waals surface area contributed by atoms with E-state index >= 15 is 0 Å². The molecule has 3 rings (SSSR count). The maximum absolute atomic E-state index is 12.3. The van der Waals surface area contributed by atoms with Gasteiger partial charge in [0, 0.05) is 32.5 Å². The number of ether oxygens (including phenoxy) is 3. The molecule has 21 heavy (non-hydrogen) atoms. The Kier molecular flexibility index (Phi) is 4.14. The van der Waals surface area contributed by atoms with Crippen LogP contribution in [0.5, 0.6) is 0 Å². The summed E-state index contributed by atoms with van der Waals surface area (Å²) >= 11 is 0. The van der Waals surface area contributed by atoms with Crippen molar-refractivity contribution in [2.45, 2.75) is 37.5 Å². The van der Waals surface area contributed by atoms with Crippen molar-refractivity contribution in [2.24, 2.45) is 0 Å². The van der Waals surface area contributed by atoms with Gasteiger partial charge in [0.1, 0.15) is 6.54 Å². The first-order valence-corrected chi connectivity index (χ1v) is 7.53. The fourth-order valence-electron chi connectivity index (χ4n) is 3.39. The Morgan fingerprint density at radius 1 is 1.24 bits per heavy atom. The zero-order valence-corrected chi connectivity index (χ0v) is 12.4. The standard InChI is InChI=1S/C14H22N2O5/c1-19-7-6-15-10-12(17)16(13(15)18)11-2-4-14(5-3-11)20-8-9-21-14/h11H,2-10H2,1H3. The molecule has 1 aliphatic carbocycles. The van der Waals surface area contributed by atoms with E-state index in [1.54, 1.807) is 12.0 Å². The van der Waals surface area contributed by atoms with Crippen LogP contribution in [0.15, 0.2) is 0 Å². The molecule has 0 N–H and O–H groups in total. The van der Waals surface area contributed by atoms with Crippen molar-refractivity contribution in [1.82, 2.24) is 9.80 Å². The molecule has 7 nitrogen and oxygen atoms in total. The molecule has 1 spiro atoms. The van der Waals surface area contributed by atoms with Crippen LogP contribution >= 0.6 is 0 Å². The first-order chi connectivity index (χ1) is 10.2. The van der Waals surface area contributed by atoms with E-state index in [1.807, 2.05) is 0 Å². The van der Waals surface area contributed by atoms with Crippen LogP contribution in [0.4, 0.5) is 4.79 Å². The third-order valence-corrected chi connectivity index (χ3v) is 4.53. The summed E-state index contributed by atoms with van der Waals surface area (Å²) in [4.78, 5) is 27.5. The number of urea groups is 1. The Labute approximate surface area is 124 Å². The Morgan fingerprint density at radius 2 is 1.90 bits per heavy atom. The second kappa shape index (κ2) is 5.90. The smallest absolute Gasteiger partial charge is 0.327 e. The lowest BCUT2D eigenvalue weighted by Crippen LogP contribution is -2.47. The molecule has 3 aliphatic rings. The fraction of sp³-hybridized carbons (Fsp3) is 0.857. The highest BCUT2D eigenvalue weighted by atomic mass is 16.7. The maximum atomic E-state index is 12.3. The van der Waals surface area contributed by atoms with Crippen molar-refractivity contribution in [3.05, 3.63) is 0 Å². The molecule has 2 heterocycles. The fourth-order valence-corrected chi connectivity index (χ4v) is 3.39. The van der Waals surface area contributed by atoms with E-state index in [1.165, 1.54) is 4.90 Å². The van der Waals surface area contributed by atoms with Gasteiger partial charge in [-0.1, -0.05) is 0 Å². The number of hydrogen-bond donors (Lipinski definition) is 0. The SMILES string of the molecule is COCCN1CC(=O)N(C2CCC3(CC2)OCCO3)C1=O.